The minimum absolute atomic E-state index is 0.215. The molecule has 3 rings (SSSR count). The first-order chi connectivity index (χ1) is 13.3. The van der Waals surface area contributed by atoms with Gasteiger partial charge in [-0.1, -0.05) is 30.3 Å². The fourth-order valence-electron chi connectivity index (χ4n) is 2.92. The van der Waals surface area contributed by atoms with Gasteiger partial charge in [0.25, 0.3) is 11.8 Å². The van der Waals surface area contributed by atoms with Crippen molar-refractivity contribution < 1.29 is 14.3 Å². The van der Waals surface area contributed by atoms with Crippen molar-refractivity contribution >= 4 is 17.5 Å². The molecule has 28 heavy (non-hydrogen) atoms. The van der Waals surface area contributed by atoms with Crippen molar-refractivity contribution in [2.75, 3.05) is 12.4 Å². The molecular formula is C22H27N3O3. The average molecular weight is 381 g/mol. The number of ether oxygens (including phenoxy) is 1. The minimum atomic E-state index is -0.627. The number of carbonyl (C=O) groups is 2. The van der Waals surface area contributed by atoms with Crippen molar-refractivity contribution in [1.29, 1.82) is 0 Å². The van der Waals surface area contributed by atoms with Gasteiger partial charge in [-0.3, -0.25) is 14.5 Å². The maximum absolute atomic E-state index is 12.7. The highest BCUT2D eigenvalue weighted by atomic mass is 16.5. The summed E-state index contributed by atoms with van der Waals surface area (Å²) in [6.07, 6.45) is -0.627. The van der Waals surface area contributed by atoms with E-state index >= 15 is 0 Å². The first-order valence-corrected chi connectivity index (χ1v) is 9.52. The van der Waals surface area contributed by atoms with E-state index in [0.717, 1.165) is 12.1 Å². The van der Waals surface area contributed by atoms with E-state index in [2.05, 4.69) is 48.6 Å². The molecule has 0 spiro atoms. The maximum Gasteiger partial charge on any atom is 0.265 e. The van der Waals surface area contributed by atoms with Crippen LogP contribution in [0.25, 0.3) is 0 Å². The van der Waals surface area contributed by atoms with Crippen LogP contribution >= 0.6 is 0 Å². The Morgan fingerprint density at radius 1 is 1.18 bits per heavy atom. The zero-order valence-electron chi connectivity index (χ0n) is 16.8. The fraction of sp³-hybridized carbons (Fsp3) is 0.364. The zero-order chi connectivity index (χ0) is 20.3. The summed E-state index contributed by atoms with van der Waals surface area (Å²) in [4.78, 5) is 26.7. The standard InChI is InChI=1S/C22H27N3O3/c1-14(2)25(4)13-17-10-8-16(9-11-17)12-23-22(27)18-6-5-7-19-20(18)28-15(3)21(26)24-19/h5-11,14-15H,12-13H2,1-4H3,(H,23,27)(H,24,26). The number of nitrogens with zero attached hydrogens (tertiary/aromatic N) is 1. The molecule has 0 fully saturated rings. The van der Waals surface area contributed by atoms with Crippen molar-refractivity contribution in [3.8, 4) is 5.75 Å². The molecule has 1 unspecified atom stereocenters. The second-order valence-electron chi connectivity index (χ2n) is 7.44. The van der Waals surface area contributed by atoms with Crippen LogP contribution in [-0.2, 0) is 17.9 Å². The Labute approximate surface area is 165 Å². The topological polar surface area (TPSA) is 70.7 Å². The van der Waals surface area contributed by atoms with Crippen LogP contribution in [0.2, 0.25) is 0 Å². The summed E-state index contributed by atoms with van der Waals surface area (Å²) in [5.41, 5.74) is 3.20. The molecule has 2 N–H and O–H groups in total. The summed E-state index contributed by atoms with van der Waals surface area (Å²) in [5.74, 6) is -0.0313. The molecule has 2 aromatic carbocycles. The Morgan fingerprint density at radius 2 is 1.86 bits per heavy atom. The Bertz CT molecular complexity index is 862. The highest BCUT2D eigenvalue weighted by Gasteiger charge is 2.27. The number of hydrogen-bond acceptors (Lipinski definition) is 4. The van der Waals surface area contributed by atoms with Gasteiger partial charge in [0, 0.05) is 19.1 Å². The normalized spacial score (nSPS) is 15.8. The number of para-hydroxylation sites is 1. The van der Waals surface area contributed by atoms with Gasteiger partial charge < -0.3 is 15.4 Å². The van der Waals surface area contributed by atoms with Crippen LogP contribution in [-0.4, -0.2) is 35.9 Å². The second-order valence-corrected chi connectivity index (χ2v) is 7.44. The molecule has 0 bridgehead atoms. The lowest BCUT2D eigenvalue weighted by atomic mass is 10.1. The summed E-state index contributed by atoms with van der Waals surface area (Å²) in [7, 11) is 2.10. The highest BCUT2D eigenvalue weighted by Crippen LogP contribution is 2.33. The van der Waals surface area contributed by atoms with Crippen LogP contribution in [0.4, 0.5) is 5.69 Å². The third-order valence-corrected chi connectivity index (χ3v) is 4.97. The van der Waals surface area contributed by atoms with Gasteiger partial charge in [0.1, 0.15) is 0 Å². The third kappa shape index (κ3) is 4.51. The Hall–Kier alpha value is -2.86. The molecule has 0 aromatic heterocycles. The Kier molecular flexibility index (Phi) is 5.99. The number of anilines is 1. The van der Waals surface area contributed by atoms with E-state index in [9.17, 15) is 9.59 Å². The van der Waals surface area contributed by atoms with Crippen LogP contribution < -0.4 is 15.4 Å². The minimum Gasteiger partial charge on any atom is -0.478 e. The Morgan fingerprint density at radius 3 is 2.54 bits per heavy atom. The molecule has 6 nitrogen and oxygen atoms in total. The third-order valence-electron chi connectivity index (χ3n) is 4.97. The van der Waals surface area contributed by atoms with Crippen molar-refractivity contribution in [3.63, 3.8) is 0 Å². The first kappa shape index (κ1) is 19.9. The number of amides is 2. The van der Waals surface area contributed by atoms with Gasteiger partial charge in [0.15, 0.2) is 11.9 Å². The second kappa shape index (κ2) is 8.44. The van der Waals surface area contributed by atoms with Crippen LogP contribution in [0.3, 0.4) is 0 Å². The van der Waals surface area contributed by atoms with E-state index in [-0.39, 0.29) is 11.8 Å². The van der Waals surface area contributed by atoms with Gasteiger partial charge in [0.05, 0.1) is 11.3 Å². The lowest BCUT2D eigenvalue weighted by Gasteiger charge is -2.25. The highest BCUT2D eigenvalue weighted by molar-refractivity contribution is 6.03. The molecule has 148 valence electrons. The molecule has 2 amide bonds. The summed E-state index contributed by atoms with van der Waals surface area (Å²) in [5, 5.41) is 5.69. The van der Waals surface area contributed by atoms with E-state index in [4.69, 9.17) is 4.74 Å². The van der Waals surface area contributed by atoms with E-state index in [1.54, 1.807) is 25.1 Å². The Balaban J connectivity index is 1.64. The maximum atomic E-state index is 12.7. The first-order valence-electron chi connectivity index (χ1n) is 9.52. The van der Waals surface area contributed by atoms with E-state index in [0.29, 0.717) is 29.6 Å². The molecule has 1 heterocycles. The molecular weight excluding hydrogens is 354 g/mol. The molecule has 1 aliphatic rings. The van der Waals surface area contributed by atoms with Crippen LogP contribution in [0.5, 0.6) is 5.75 Å². The van der Waals surface area contributed by atoms with Gasteiger partial charge in [0.2, 0.25) is 0 Å². The van der Waals surface area contributed by atoms with E-state index in [1.807, 2.05) is 12.1 Å². The number of carbonyl (C=O) groups excluding carboxylic acids is 2. The molecule has 1 aliphatic heterocycles. The van der Waals surface area contributed by atoms with Gasteiger partial charge in [-0.15, -0.1) is 0 Å². The molecule has 0 saturated heterocycles. The fourth-order valence-corrected chi connectivity index (χ4v) is 2.92. The van der Waals surface area contributed by atoms with Gasteiger partial charge in [-0.05, 0) is 51.1 Å². The van der Waals surface area contributed by atoms with Crippen molar-refractivity contribution in [2.24, 2.45) is 0 Å². The lowest BCUT2D eigenvalue weighted by Crippen LogP contribution is -2.35. The van der Waals surface area contributed by atoms with Crippen molar-refractivity contribution in [3.05, 3.63) is 59.2 Å². The zero-order valence-corrected chi connectivity index (χ0v) is 16.8. The molecule has 2 aromatic rings. The predicted molar refractivity (Wildman–Crippen MR) is 109 cm³/mol. The lowest BCUT2D eigenvalue weighted by molar-refractivity contribution is -0.122. The van der Waals surface area contributed by atoms with Gasteiger partial charge in [-0.25, -0.2) is 0 Å². The number of rotatable bonds is 6. The quantitative estimate of drug-likeness (QED) is 0.806. The SMILES string of the molecule is CC1Oc2c(cccc2C(=O)NCc2ccc(CN(C)C(C)C)cc2)NC1=O. The molecule has 1 atom stereocenters. The summed E-state index contributed by atoms with van der Waals surface area (Å²) < 4.78 is 5.64. The van der Waals surface area contributed by atoms with Gasteiger partial charge in [-0.2, -0.15) is 0 Å². The van der Waals surface area contributed by atoms with Crippen LogP contribution in [0.1, 0.15) is 42.3 Å². The smallest absolute Gasteiger partial charge is 0.265 e. The largest absolute Gasteiger partial charge is 0.478 e. The number of fused-ring (bicyclic) bond motifs is 1. The number of hydrogen-bond donors (Lipinski definition) is 2. The van der Waals surface area contributed by atoms with E-state index in [1.165, 1.54) is 5.56 Å². The molecule has 0 radical (unpaired) electrons. The number of benzene rings is 2. The van der Waals surface area contributed by atoms with Crippen LogP contribution in [0, 0.1) is 0 Å². The van der Waals surface area contributed by atoms with Crippen molar-refractivity contribution in [1.82, 2.24) is 10.2 Å². The summed E-state index contributed by atoms with van der Waals surface area (Å²) in [6.45, 7) is 7.31. The predicted octanol–water partition coefficient (Wildman–Crippen LogP) is 3.18. The summed E-state index contributed by atoms with van der Waals surface area (Å²) in [6, 6.07) is 13.9. The average Bonchev–Trinajstić information content (AvgIpc) is 2.67. The summed E-state index contributed by atoms with van der Waals surface area (Å²) >= 11 is 0. The monoisotopic (exact) mass is 381 g/mol. The molecule has 6 heteroatoms. The molecule has 0 aliphatic carbocycles. The number of nitrogens with one attached hydrogen (secondary N) is 2. The van der Waals surface area contributed by atoms with E-state index < -0.39 is 6.10 Å². The molecule has 0 saturated carbocycles. The van der Waals surface area contributed by atoms with Crippen molar-refractivity contribution in [2.45, 2.75) is 46.0 Å². The van der Waals surface area contributed by atoms with Crippen LogP contribution in [0.15, 0.2) is 42.5 Å². The van der Waals surface area contributed by atoms with Gasteiger partial charge >= 0.3 is 0 Å².